The maximum absolute atomic E-state index is 11.9. The smallest absolute Gasteiger partial charge is 0.308 e. The number of esters is 1. The van der Waals surface area contributed by atoms with Crippen molar-refractivity contribution in [2.24, 2.45) is 29.6 Å². The van der Waals surface area contributed by atoms with E-state index in [4.69, 9.17) is 4.74 Å². The Hall–Kier alpha value is -0.570. The average molecular weight is 252 g/mol. The van der Waals surface area contributed by atoms with Crippen LogP contribution >= 0.6 is 0 Å². The quantitative estimate of drug-likeness (QED) is 0.784. The van der Waals surface area contributed by atoms with Gasteiger partial charge in [0, 0.05) is 0 Å². The summed E-state index contributed by atoms with van der Waals surface area (Å²) >= 11 is 0. The molecule has 0 aromatic carbocycles. The molecule has 3 nitrogen and oxygen atoms in total. The van der Waals surface area contributed by atoms with Gasteiger partial charge >= 0.3 is 5.97 Å². The fraction of sp³-hybridized carbons (Fsp3) is 0.933. The zero-order chi connectivity index (χ0) is 12.9. The molecular formula is C15H24O3. The molecular weight excluding hydrogens is 228 g/mol. The number of hydrogen-bond donors (Lipinski definition) is 1. The molecule has 3 saturated carbocycles. The van der Waals surface area contributed by atoms with Crippen LogP contribution in [-0.4, -0.2) is 23.3 Å². The number of aliphatic hydroxyl groups is 1. The Labute approximate surface area is 109 Å². The molecule has 0 heterocycles. The summed E-state index contributed by atoms with van der Waals surface area (Å²) in [5.41, 5.74) is 0. The third-order valence-corrected chi connectivity index (χ3v) is 5.66. The van der Waals surface area contributed by atoms with E-state index in [0.717, 1.165) is 25.7 Å². The SMILES string of the molecule is CCC(C)C(=O)OC1CC2CC1C1CC(O)CC21. The van der Waals surface area contributed by atoms with Crippen molar-refractivity contribution < 1.29 is 14.6 Å². The van der Waals surface area contributed by atoms with E-state index in [0.29, 0.717) is 23.7 Å². The van der Waals surface area contributed by atoms with Gasteiger partial charge in [-0.3, -0.25) is 4.79 Å². The molecule has 0 radical (unpaired) electrons. The van der Waals surface area contributed by atoms with Crippen molar-refractivity contribution in [2.45, 2.75) is 58.2 Å². The molecule has 7 atom stereocenters. The summed E-state index contributed by atoms with van der Waals surface area (Å²) in [7, 11) is 0. The van der Waals surface area contributed by atoms with Gasteiger partial charge in [-0.05, 0) is 55.8 Å². The van der Waals surface area contributed by atoms with Gasteiger partial charge in [-0.15, -0.1) is 0 Å². The molecule has 0 spiro atoms. The van der Waals surface area contributed by atoms with Crippen LogP contribution in [0.5, 0.6) is 0 Å². The highest BCUT2D eigenvalue weighted by Gasteiger charge is 2.57. The van der Waals surface area contributed by atoms with Crippen molar-refractivity contribution in [1.29, 1.82) is 0 Å². The minimum absolute atomic E-state index is 0.0223. The summed E-state index contributed by atoms with van der Waals surface area (Å²) in [6, 6.07) is 0. The second kappa shape index (κ2) is 4.52. The van der Waals surface area contributed by atoms with Crippen LogP contribution in [0.4, 0.5) is 0 Å². The van der Waals surface area contributed by atoms with Gasteiger partial charge in [-0.2, -0.15) is 0 Å². The van der Waals surface area contributed by atoms with Crippen LogP contribution in [-0.2, 0) is 9.53 Å². The number of aliphatic hydroxyl groups excluding tert-OH is 1. The normalized spacial score (nSPS) is 47.1. The first-order valence-electron chi connectivity index (χ1n) is 7.48. The van der Waals surface area contributed by atoms with E-state index in [-0.39, 0.29) is 24.1 Å². The molecule has 3 aliphatic carbocycles. The molecule has 0 aromatic heterocycles. The summed E-state index contributed by atoms with van der Waals surface area (Å²) < 4.78 is 5.72. The maximum atomic E-state index is 11.9. The molecule has 1 N–H and O–H groups in total. The Kier molecular flexibility index (Phi) is 3.13. The highest BCUT2D eigenvalue weighted by molar-refractivity contribution is 5.72. The molecule has 18 heavy (non-hydrogen) atoms. The van der Waals surface area contributed by atoms with Crippen molar-refractivity contribution >= 4 is 5.97 Å². The Morgan fingerprint density at radius 1 is 1.22 bits per heavy atom. The van der Waals surface area contributed by atoms with Crippen LogP contribution in [0.2, 0.25) is 0 Å². The van der Waals surface area contributed by atoms with Crippen LogP contribution in [0.25, 0.3) is 0 Å². The first-order valence-corrected chi connectivity index (χ1v) is 7.48. The molecule has 0 saturated heterocycles. The number of carbonyl (C=O) groups is 1. The molecule has 0 aliphatic heterocycles. The summed E-state index contributed by atoms with van der Waals surface area (Å²) in [4.78, 5) is 11.9. The fourth-order valence-electron chi connectivity index (χ4n) is 4.55. The van der Waals surface area contributed by atoms with Gasteiger partial charge in [-0.25, -0.2) is 0 Å². The predicted molar refractivity (Wildman–Crippen MR) is 67.8 cm³/mol. The third kappa shape index (κ3) is 1.87. The molecule has 0 amide bonds. The second-order valence-corrected chi connectivity index (χ2v) is 6.63. The number of rotatable bonds is 3. The highest BCUT2D eigenvalue weighted by atomic mass is 16.5. The van der Waals surface area contributed by atoms with Crippen molar-refractivity contribution in [3.05, 3.63) is 0 Å². The van der Waals surface area contributed by atoms with Gasteiger partial charge < -0.3 is 9.84 Å². The van der Waals surface area contributed by atoms with Crippen molar-refractivity contribution in [3.63, 3.8) is 0 Å². The van der Waals surface area contributed by atoms with Crippen LogP contribution in [0.15, 0.2) is 0 Å². The second-order valence-electron chi connectivity index (χ2n) is 6.63. The van der Waals surface area contributed by atoms with Gasteiger partial charge in [0.25, 0.3) is 0 Å². The van der Waals surface area contributed by atoms with Gasteiger partial charge in [-0.1, -0.05) is 13.8 Å². The monoisotopic (exact) mass is 252 g/mol. The summed E-state index contributed by atoms with van der Waals surface area (Å²) in [6.45, 7) is 3.97. The first-order chi connectivity index (χ1) is 8.60. The van der Waals surface area contributed by atoms with Gasteiger partial charge in [0.15, 0.2) is 0 Å². The van der Waals surface area contributed by atoms with Crippen LogP contribution in [0.1, 0.15) is 46.0 Å². The standard InChI is InChI=1S/C15H24O3/c1-3-8(2)15(17)18-14-5-9-4-13(14)12-7-10(16)6-11(9)12/h8-14,16H,3-7H2,1-2H3. The lowest BCUT2D eigenvalue weighted by atomic mass is 9.80. The lowest BCUT2D eigenvalue weighted by molar-refractivity contribution is -0.157. The highest BCUT2D eigenvalue weighted by Crippen LogP contribution is 2.59. The van der Waals surface area contributed by atoms with Crippen molar-refractivity contribution in [2.75, 3.05) is 0 Å². The Bertz CT molecular complexity index is 341. The lowest BCUT2D eigenvalue weighted by Crippen LogP contribution is -2.33. The van der Waals surface area contributed by atoms with Gasteiger partial charge in [0.05, 0.1) is 12.0 Å². The summed E-state index contributed by atoms with van der Waals surface area (Å²) in [5.74, 6) is 2.56. The Balaban J connectivity index is 1.63. The van der Waals surface area contributed by atoms with Crippen LogP contribution < -0.4 is 0 Å². The summed E-state index contributed by atoms with van der Waals surface area (Å²) in [6.07, 6.45) is 5.07. The molecule has 102 valence electrons. The lowest BCUT2D eigenvalue weighted by Gasteiger charge is -2.31. The minimum Gasteiger partial charge on any atom is -0.462 e. The number of fused-ring (bicyclic) bond motifs is 5. The molecule has 3 aliphatic rings. The van der Waals surface area contributed by atoms with E-state index in [2.05, 4.69) is 0 Å². The van der Waals surface area contributed by atoms with E-state index in [9.17, 15) is 9.90 Å². The van der Waals surface area contributed by atoms with Crippen LogP contribution in [0.3, 0.4) is 0 Å². The van der Waals surface area contributed by atoms with Gasteiger partial charge in [0.1, 0.15) is 6.10 Å². The van der Waals surface area contributed by atoms with E-state index < -0.39 is 0 Å². The Morgan fingerprint density at radius 2 is 1.94 bits per heavy atom. The molecule has 7 unspecified atom stereocenters. The molecule has 2 bridgehead atoms. The number of hydrogen-bond acceptors (Lipinski definition) is 3. The molecule has 3 fully saturated rings. The topological polar surface area (TPSA) is 46.5 Å². The van der Waals surface area contributed by atoms with E-state index in [1.54, 1.807) is 0 Å². The van der Waals surface area contributed by atoms with E-state index in [1.165, 1.54) is 6.42 Å². The van der Waals surface area contributed by atoms with Crippen LogP contribution in [0, 0.1) is 29.6 Å². The number of ether oxygens (including phenoxy) is 1. The minimum atomic E-state index is -0.102. The van der Waals surface area contributed by atoms with E-state index in [1.807, 2.05) is 13.8 Å². The molecule has 3 heteroatoms. The maximum Gasteiger partial charge on any atom is 0.308 e. The first kappa shape index (κ1) is 12.5. The van der Waals surface area contributed by atoms with Crippen molar-refractivity contribution in [1.82, 2.24) is 0 Å². The molecule has 3 rings (SSSR count). The van der Waals surface area contributed by atoms with E-state index >= 15 is 0 Å². The largest absolute Gasteiger partial charge is 0.462 e. The Morgan fingerprint density at radius 3 is 2.67 bits per heavy atom. The van der Waals surface area contributed by atoms with Gasteiger partial charge in [0.2, 0.25) is 0 Å². The average Bonchev–Trinajstić information content (AvgIpc) is 2.98. The zero-order valence-corrected chi connectivity index (χ0v) is 11.3. The third-order valence-electron chi connectivity index (χ3n) is 5.66. The fourth-order valence-corrected chi connectivity index (χ4v) is 4.55. The number of carbonyl (C=O) groups excluding carboxylic acids is 1. The zero-order valence-electron chi connectivity index (χ0n) is 11.3. The predicted octanol–water partition coefficient (Wildman–Crippen LogP) is 2.37. The van der Waals surface area contributed by atoms with Crippen molar-refractivity contribution in [3.8, 4) is 0 Å². The molecule has 0 aromatic rings. The summed E-state index contributed by atoms with van der Waals surface area (Å²) in [5, 5.41) is 9.79.